The summed E-state index contributed by atoms with van der Waals surface area (Å²) < 4.78 is 14.7. The molecule has 0 spiro atoms. The van der Waals surface area contributed by atoms with Crippen molar-refractivity contribution < 1.29 is 14.3 Å². The number of fused-ring (bicyclic) bond motifs is 1. The van der Waals surface area contributed by atoms with Gasteiger partial charge in [-0.25, -0.2) is 9.18 Å². The monoisotopic (exact) mass is 367 g/mol. The standard InChI is InChI=1S/C20H18FN3O3/c21-14-10-13-15(11-16(14)24-8-6-22-7-9-24)23-18(12-4-2-1-3-5-12)17(19(13)25)20(26)27/h1-5,10-11,22H,6-9H2,(H,23,25)(H,26,27). The summed E-state index contributed by atoms with van der Waals surface area (Å²) in [4.78, 5) is 29.5. The number of piperazine rings is 1. The van der Waals surface area contributed by atoms with Crippen molar-refractivity contribution in [3.05, 3.63) is 64.1 Å². The first kappa shape index (κ1) is 17.2. The van der Waals surface area contributed by atoms with Crippen LogP contribution in [0, 0.1) is 5.82 Å². The van der Waals surface area contributed by atoms with Crippen LogP contribution in [0.3, 0.4) is 0 Å². The van der Waals surface area contributed by atoms with E-state index < -0.39 is 17.2 Å². The number of nitrogens with one attached hydrogen (secondary N) is 2. The zero-order chi connectivity index (χ0) is 19.0. The Labute approximate surface area is 154 Å². The van der Waals surface area contributed by atoms with Crippen LogP contribution in [0.5, 0.6) is 0 Å². The highest BCUT2D eigenvalue weighted by molar-refractivity contribution is 5.99. The van der Waals surface area contributed by atoms with Gasteiger partial charge >= 0.3 is 5.97 Å². The van der Waals surface area contributed by atoms with Crippen LogP contribution in [0.2, 0.25) is 0 Å². The molecule has 1 fully saturated rings. The lowest BCUT2D eigenvalue weighted by Crippen LogP contribution is -2.43. The summed E-state index contributed by atoms with van der Waals surface area (Å²) in [6, 6.07) is 11.5. The molecule has 6 nitrogen and oxygen atoms in total. The number of rotatable bonds is 3. The van der Waals surface area contributed by atoms with E-state index in [0.29, 0.717) is 29.9 Å². The predicted octanol–water partition coefficient (Wildman–Crippen LogP) is 2.44. The molecule has 0 unspecified atom stereocenters. The molecular formula is C20H18FN3O3. The number of pyridine rings is 1. The molecule has 0 bridgehead atoms. The van der Waals surface area contributed by atoms with Gasteiger partial charge in [0, 0.05) is 31.6 Å². The van der Waals surface area contributed by atoms with Crippen molar-refractivity contribution in [3.63, 3.8) is 0 Å². The molecule has 0 atom stereocenters. The molecular weight excluding hydrogens is 349 g/mol. The van der Waals surface area contributed by atoms with E-state index in [-0.39, 0.29) is 16.6 Å². The first-order valence-corrected chi connectivity index (χ1v) is 8.70. The molecule has 3 aromatic rings. The van der Waals surface area contributed by atoms with Gasteiger partial charge in [-0.3, -0.25) is 4.79 Å². The first-order chi connectivity index (χ1) is 13.1. The van der Waals surface area contributed by atoms with Gasteiger partial charge in [0.05, 0.1) is 16.9 Å². The summed E-state index contributed by atoms with van der Waals surface area (Å²) in [5.41, 5.74) is 0.546. The van der Waals surface area contributed by atoms with Crippen molar-refractivity contribution in [1.29, 1.82) is 0 Å². The van der Waals surface area contributed by atoms with Crippen LogP contribution in [-0.4, -0.2) is 42.2 Å². The Kier molecular flexibility index (Phi) is 4.37. The van der Waals surface area contributed by atoms with Gasteiger partial charge in [-0.15, -0.1) is 0 Å². The third-order valence-corrected chi connectivity index (χ3v) is 4.80. The highest BCUT2D eigenvalue weighted by atomic mass is 19.1. The van der Waals surface area contributed by atoms with E-state index in [1.807, 2.05) is 4.90 Å². The third kappa shape index (κ3) is 3.06. The summed E-state index contributed by atoms with van der Waals surface area (Å²) >= 11 is 0. The third-order valence-electron chi connectivity index (χ3n) is 4.80. The fraction of sp³-hybridized carbons (Fsp3) is 0.200. The average molecular weight is 367 g/mol. The molecule has 3 N–H and O–H groups in total. The Hall–Kier alpha value is -3.19. The Morgan fingerprint density at radius 2 is 1.81 bits per heavy atom. The van der Waals surface area contributed by atoms with E-state index in [0.717, 1.165) is 19.2 Å². The van der Waals surface area contributed by atoms with E-state index in [1.54, 1.807) is 36.4 Å². The Morgan fingerprint density at radius 3 is 2.48 bits per heavy atom. The fourth-order valence-corrected chi connectivity index (χ4v) is 3.47. The Bertz CT molecular complexity index is 1070. The van der Waals surface area contributed by atoms with Crippen LogP contribution < -0.4 is 15.6 Å². The summed E-state index contributed by atoms with van der Waals surface area (Å²) in [5.74, 6) is -1.87. The van der Waals surface area contributed by atoms with Crippen LogP contribution in [0.4, 0.5) is 10.1 Å². The fourth-order valence-electron chi connectivity index (χ4n) is 3.47. The lowest BCUT2D eigenvalue weighted by atomic mass is 10.0. The van der Waals surface area contributed by atoms with Gasteiger partial charge in [0.15, 0.2) is 0 Å². The number of hydrogen-bond donors (Lipinski definition) is 3. The molecule has 1 aromatic heterocycles. The molecule has 7 heteroatoms. The van der Waals surface area contributed by atoms with E-state index >= 15 is 0 Å². The van der Waals surface area contributed by atoms with Crippen LogP contribution in [0.1, 0.15) is 10.4 Å². The van der Waals surface area contributed by atoms with Crippen molar-refractivity contribution in [2.75, 3.05) is 31.1 Å². The molecule has 2 aromatic carbocycles. The molecule has 27 heavy (non-hydrogen) atoms. The predicted molar refractivity (Wildman–Crippen MR) is 102 cm³/mol. The smallest absolute Gasteiger partial charge is 0.341 e. The van der Waals surface area contributed by atoms with E-state index in [9.17, 15) is 19.1 Å². The number of carboxylic acid groups (broad SMARTS) is 1. The minimum Gasteiger partial charge on any atom is -0.477 e. The molecule has 0 radical (unpaired) electrons. The van der Waals surface area contributed by atoms with Crippen LogP contribution in [0.15, 0.2) is 47.3 Å². The molecule has 138 valence electrons. The minimum absolute atomic E-state index is 0.0310. The number of carboxylic acids is 1. The molecule has 1 aliphatic rings. The van der Waals surface area contributed by atoms with Crippen LogP contribution in [-0.2, 0) is 0 Å². The number of halogens is 1. The molecule has 2 heterocycles. The quantitative estimate of drug-likeness (QED) is 0.662. The number of aromatic carboxylic acids is 1. The summed E-state index contributed by atoms with van der Waals surface area (Å²) in [6.07, 6.45) is 0. The highest BCUT2D eigenvalue weighted by Crippen LogP contribution is 2.28. The number of anilines is 1. The highest BCUT2D eigenvalue weighted by Gasteiger charge is 2.22. The number of aromatic amines is 1. The normalized spacial score (nSPS) is 14.5. The molecule has 4 rings (SSSR count). The van der Waals surface area contributed by atoms with E-state index in [1.165, 1.54) is 0 Å². The number of benzene rings is 2. The maximum Gasteiger partial charge on any atom is 0.341 e. The minimum atomic E-state index is -1.34. The van der Waals surface area contributed by atoms with Gasteiger partial charge in [-0.1, -0.05) is 30.3 Å². The van der Waals surface area contributed by atoms with Crippen molar-refractivity contribution in [2.45, 2.75) is 0 Å². The largest absolute Gasteiger partial charge is 0.477 e. The lowest BCUT2D eigenvalue weighted by molar-refractivity contribution is 0.0696. The summed E-state index contributed by atoms with van der Waals surface area (Å²) in [6.45, 7) is 2.82. The maximum absolute atomic E-state index is 14.7. The van der Waals surface area contributed by atoms with Crippen molar-refractivity contribution in [2.24, 2.45) is 0 Å². The van der Waals surface area contributed by atoms with Crippen LogP contribution in [0.25, 0.3) is 22.2 Å². The van der Waals surface area contributed by atoms with E-state index in [2.05, 4.69) is 10.3 Å². The maximum atomic E-state index is 14.7. The van der Waals surface area contributed by atoms with Gasteiger partial charge in [0.1, 0.15) is 11.4 Å². The van der Waals surface area contributed by atoms with Gasteiger partial charge < -0.3 is 20.3 Å². The topological polar surface area (TPSA) is 85.4 Å². The number of H-pyrrole nitrogens is 1. The summed E-state index contributed by atoms with van der Waals surface area (Å²) in [5, 5.41) is 12.8. The number of nitrogens with zero attached hydrogens (tertiary/aromatic N) is 1. The van der Waals surface area contributed by atoms with Gasteiger partial charge in [0.25, 0.3) is 0 Å². The zero-order valence-electron chi connectivity index (χ0n) is 14.5. The second-order valence-electron chi connectivity index (χ2n) is 6.46. The second kappa shape index (κ2) is 6.85. The molecule has 0 aliphatic carbocycles. The number of aromatic nitrogens is 1. The lowest BCUT2D eigenvalue weighted by Gasteiger charge is -2.29. The molecule has 1 saturated heterocycles. The average Bonchev–Trinajstić information content (AvgIpc) is 2.69. The van der Waals surface area contributed by atoms with Crippen molar-refractivity contribution in [3.8, 4) is 11.3 Å². The molecule has 0 saturated carbocycles. The zero-order valence-corrected chi connectivity index (χ0v) is 14.5. The Morgan fingerprint density at radius 1 is 1.11 bits per heavy atom. The summed E-state index contributed by atoms with van der Waals surface area (Å²) in [7, 11) is 0. The second-order valence-corrected chi connectivity index (χ2v) is 6.46. The number of carbonyl (C=O) groups is 1. The van der Waals surface area contributed by atoms with Gasteiger partial charge in [-0.05, 0) is 17.7 Å². The number of hydrogen-bond acceptors (Lipinski definition) is 4. The first-order valence-electron chi connectivity index (χ1n) is 8.70. The molecule has 1 aliphatic heterocycles. The van der Waals surface area contributed by atoms with Gasteiger partial charge in [0.2, 0.25) is 5.43 Å². The molecule has 0 amide bonds. The van der Waals surface area contributed by atoms with Crippen molar-refractivity contribution in [1.82, 2.24) is 10.3 Å². The SMILES string of the molecule is O=C(O)c1c(-c2ccccc2)[nH]c2cc(N3CCNCC3)c(F)cc2c1=O. The van der Waals surface area contributed by atoms with E-state index in [4.69, 9.17) is 0 Å². The van der Waals surface area contributed by atoms with Crippen molar-refractivity contribution >= 4 is 22.6 Å². The van der Waals surface area contributed by atoms with Crippen LogP contribution >= 0.6 is 0 Å². The van der Waals surface area contributed by atoms with Gasteiger partial charge in [-0.2, -0.15) is 0 Å². The Balaban J connectivity index is 1.97.